The van der Waals surface area contributed by atoms with Crippen molar-refractivity contribution < 1.29 is 9.13 Å². The summed E-state index contributed by atoms with van der Waals surface area (Å²) in [6, 6.07) is 9.36. The van der Waals surface area contributed by atoms with E-state index < -0.39 is 5.82 Å². The van der Waals surface area contributed by atoms with Gasteiger partial charge in [-0.3, -0.25) is 4.57 Å². The van der Waals surface area contributed by atoms with Gasteiger partial charge in [0, 0.05) is 0 Å². The van der Waals surface area contributed by atoms with E-state index in [9.17, 15) is 9.60 Å². The molecule has 0 saturated carbocycles. The molecule has 0 amide bonds. The molecule has 4 rings (SSSR count). The maximum atomic E-state index is 14.2. The quantitative estimate of drug-likeness (QED) is 0.390. The standard InChI is InChI=1S/C15H9ClFN5O/c16-12-6-5-11-14(19-12)15(9-3-1-2-4-10(9)17)22(23)7-13-20-18-8-21(11)13/h1-6,8H,7H2. The van der Waals surface area contributed by atoms with Gasteiger partial charge in [0.2, 0.25) is 18.1 Å². The minimum absolute atomic E-state index is 0.0718. The van der Waals surface area contributed by atoms with E-state index in [0.717, 1.165) is 0 Å². The van der Waals surface area contributed by atoms with Crippen LogP contribution >= 0.6 is 11.6 Å². The molecule has 0 aliphatic carbocycles. The molecule has 1 aliphatic heterocycles. The van der Waals surface area contributed by atoms with Gasteiger partial charge < -0.3 is 5.21 Å². The molecule has 0 spiro atoms. The molecule has 0 atom stereocenters. The van der Waals surface area contributed by atoms with Gasteiger partial charge in [0.05, 0.1) is 11.3 Å². The van der Waals surface area contributed by atoms with Crippen molar-refractivity contribution in [2.24, 2.45) is 0 Å². The van der Waals surface area contributed by atoms with Crippen LogP contribution in [-0.2, 0) is 6.54 Å². The van der Waals surface area contributed by atoms with Gasteiger partial charge in [0.1, 0.15) is 17.3 Å². The highest BCUT2D eigenvalue weighted by atomic mass is 35.5. The van der Waals surface area contributed by atoms with Crippen LogP contribution in [-0.4, -0.2) is 30.2 Å². The molecular formula is C15H9ClFN5O. The van der Waals surface area contributed by atoms with Crippen molar-refractivity contribution in [2.45, 2.75) is 6.54 Å². The minimum atomic E-state index is -0.506. The van der Waals surface area contributed by atoms with E-state index in [2.05, 4.69) is 15.2 Å². The zero-order chi connectivity index (χ0) is 16.0. The van der Waals surface area contributed by atoms with Gasteiger partial charge in [0.15, 0.2) is 5.69 Å². The molecule has 0 unspecified atom stereocenters. The fraction of sp³-hybridized carbons (Fsp3) is 0.0667. The molecule has 0 fully saturated rings. The maximum Gasteiger partial charge on any atom is 0.249 e. The second-order valence-corrected chi connectivity index (χ2v) is 5.37. The minimum Gasteiger partial charge on any atom is -0.623 e. The molecule has 0 radical (unpaired) electrons. The van der Waals surface area contributed by atoms with E-state index >= 15 is 0 Å². The molecule has 2 aromatic heterocycles. The summed E-state index contributed by atoms with van der Waals surface area (Å²) in [7, 11) is 0. The van der Waals surface area contributed by atoms with Gasteiger partial charge in [-0.2, -0.15) is 4.74 Å². The van der Waals surface area contributed by atoms with Crippen LogP contribution in [0.2, 0.25) is 5.15 Å². The van der Waals surface area contributed by atoms with Crippen LogP contribution < -0.4 is 0 Å². The van der Waals surface area contributed by atoms with Crippen molar-refractivity contribution >= 4 is 17.3 Å². The summed E-state index contributed by atoms with van der Waals surface area (Å²) in [6.45, 7) is -0.0718. The number of rotatable bonds is 1. The average Bonchev–Trinajstić information content (AvgIpc) is 2.94. The molecule has 3 aromatic rings. The Bertz CT molecular complexity index is 953. The summed E-state index contributed by atoms with van der Waals surface area (Å²) in [4.78, 5) is 4.25. The first-order valence-corrected chi connectivity index (χ1v) is 7.15. The lowest BCUT2D eigenvalue weighted by Gasteiger charge is -2.10. The van der Waals surface area contributed by atoms with Gasteiger partial charge in [-0.15, -0.1) is 10.2 Å². The number of hydroxylamine groups is 1. The number of aromatic nitrogens is 4. The van der Waals surface area contributed by atoms with Gasteiger partial charge in [-0.1, -0.05) is 23.7 Å². The van der Waals surface area contributed by atoms with E-state index in [1.807, 2.05) is 0 Å². The zero-order valence-electron chi connectivity index (χ0n) is 11.6. The summed E-state index contributed by atoms with van der Waals surface area (Å²) < 4.78 is 16.6. The van der Waals surface area contributed by atoms with Gasteiger partial charge in [-0.05, 0) is 24.3 Å². The Morgan fingerprint density at radius 1 is 1.22 bits per heavy atom. The maximum absolute atomic E-state index is 14.2. The van der Waals surface area contributed by atoms with Gasteiger partial charge in [0.25, 0.3) is 0 Å². The first-order chi connectivity index (χ1) is 11.1. The normalized spacial score (nSPS) is 13.5. The summed E-state index contributed by atoms with van der Waals surface area (Å²) >= 11 is 5.99. The Labute approximate surface area is 135 Å². The van der Waals surface area contributed by atoms with Gasteiger partial charge in [-0.25, -0.2) is 9.37 Å². The molecule has 114 valence electrons. The molecule has 0 bridgehead atoms. The molecule has 6 nitrogen and oxygen atoms in total. The summed E-state index contributed by atoms with van der Waals surface area (Å²) in [6.07, 6.45) is 1.49. The Kier molecular flexibility index (Phi) is 3.09. The molecule has 0 N–H and O–H groups in total. The molecule has 0 saturated heterocycles. The van der Waals surface area contributed by atoms with E-state index in [1.165, 1.54) is 18.5 Å². The van der Waals surface area contributed by atoms with Gasteiger partial charge >= 0.3 is 0 Å². The van der Waals surface area contributed by atoms with E-state index in [1.54, 1.807) is 28.8 Å². The number of benzene rings is 1. The lowest BCUT2D eigenvalue weighted by Crippen LogP contribution is -2.20. The van der Waals surface area contributed by atoms with E-state index in [0.29, 0.717) is 16.3 Å². The second-order valence-electron chi connectivity index (χ2n) is 4.98. The Morgan fingerprint density at radius 2 is 2.04 bits per heavy atom. The Hall–Kier alpha value is -2.80. The topological polar surface area (TPSA) is 69.7 Å². The van der Waals surface area contributed by atoms with E-state index in [-0.39, 0.29) is 28.7 Å². The molecule has 23 heavy (non-hydrogen) atoms. The number of nitrogens with zero attached hydrogens (tertiary/aromatic N) is 5. The third kappa shape index (κ3) is 2.17. The van der Waals surface area contributed by atoms with Crippen LogP contribution in [0, 0.1) is 11.0 Å². The van der Waals surface area contributed by atoms with Crippen LogP contribution in [0.4, 0.5) is 4.39 Å². The number of fused-ring (bicyclic) bond motifs is 3. The third-order valence-corrected chi connectivity index (χ3v) is 3.82. The molecule has 1 aliphatic rings. The van der Waals surface area contributed by atoms with Crippen LogP contribution in [0.25, 0.3) is 5.69 Å². The highest BCUT2D eigenvalue weighted by Crippen LogP contribution is 2.25. The van der Waals surface area contributed by atoms with Crippen molar-refractivity contribution in [3.8, 4) is 5.69 Å². The molecule has 1 aromatic carbocycles. The highest BCUT2D eigenvalue weighted by molar-refractivity contribution is 6.29. The summed E-state index contributed by atoms with van der Waals surface area (Å²) in [5.74, 6) is -0.0644. The zero-order valence-corrected chi connectivity index (χ0v) is 12.4. The number of hydrogen-bond acceptors (Lipinski definition) is 4. The average molecular weight is 330 g/mol. The van der Waals surface area contributed by atoms with Crippen molar-refractivity contribution in [3.63, 3.8) is 0 Å². The first kappa shape index (κ1) is 13.8. The Balaban J connectivity index is 2.07. The predicted octanol–water partition coefficient (Wildman–Crippen LogP) is 2.32. The third-order valence-electron chi connectivity index (χ3n) is 3.61. The number of pyridine rings is 1. The monoisotopic (exact) mass is 329 g/mol. The van der Waals surface area contributed by atoms with E-state index in [4.69, 9.17) is 11.6 Å². The first-order valence-electron chi connectivity index (χ1n) is 6.78. The predicted molar refractivity (Wildman–Crippen MR) is 81.1 cm³/mol. The van der Waals surface area contributed by atoms with Crippen molar-refractivity contribution in [1.29, 1.82) is 0 Å². The van der Waals surface area contributed by atoms with Crippen LogP contribution in [0.5, 0.6) is 0 Å². The smallest absolute Gasteiger partial charge is 0.249 e. The molecule has 3 heterocycles. The summed E-state index contributed by atoms with van der Waals surface area (Å²) in [5.41, 5.74) is 1.14. The highest BCUT2D eigenvalue weighted by Gasteiger charge is 2.30. The Morgan fingerprint density at radius 3 is 2.87 bits per heavy atom. The van der Waals surface area contributed by atoms with Crippen molar-refractivity contribution in [1.82, 2.24) is 19.7 Å². The lowest BCUT2D eigenvalue weighted by atomic mass is 10.0. The van der Waals surface area contributed by atoms with Crippen molar-refractivity contribution in [3.05, 3.63) is 76.0 Å². The molecule has 8 heteroatoms. The molecular weight excluding hydrogens is 321 g/mol. The fourth-order valence-corrected chi connectivity index (χ4v) is 2.75. The lowest BCUT2D eigenvalue weighted by molar-refractivity contribution is -0.475. The largest absolute Gasteiger partial charge is 0.623 e. The number of hydrogen-bond donors (Lipinski definition) is 0. The van der Waals surface area contributed by atoms with Crippen LogP contribution in [0.1, 0.15) is 17.1 Å². The fourth-order valence-electron chi connectivity index (χ4n) is 2.61. The SMILES string of the molecule is [O-][N+]1=C(c2ccccc2F)c2nc(Cl)ccc2-n2cnnc2C1. The van der Waals surface area contributed by atoms with Crippen molar-refractivity contribution in [2.75, 3.05) is 0 Å². The van der Waals surface area contributed by atoms with Crippen LogP contribution in [0.15, 0.2) is 42.7 Å². The van der Waals surface area contributed by atoms with Crippen LogP contribution in [0.3, 0.4) is 0 Å². The number of halogens is 2. The second kappa shape index (κ2) is 5.13. The summed E-state index contributed by atoms with van der Waals surface area (Å²) in [5, 5.41) is 20.6.